The van der Waals surface area contributed by atoms with E-state index in [0.717, 1.165) is 15.7 Å². The number of nitrogens with one attached hydrogen (secondary N) is 1. The number of alkyl halides is 2. The van der Waals surface area contributed by atoms with Gasteiger partial charge in [0, 0.05) is 12.7 Å². The third-order valence-corrected chi connectivity index (χ3v) is 4.58. The molecule has 0 amide bonds. The van der Waals surface area contributed by atoms with Crippen LogP contribution in [0.15, 0.2) is 41.5 Å². The number of nitrogens with zero attached hydrogens (tertiary/aromatic N) is 5. The zero-order valence-corrected chi connectivity index (χ0v) is 15.5. The van der Waals surface area contributed by atoms with E-state index in [1.54, 1.807) is 24.0 Å². The highest BCUT2D eigenvalue weighted by Crippen LogP contribution is 2.21. The van der Waals surface area contributed by atoms with Gasteiger partial charge in [-0.05, 0) is 18.1 Å². The van der Waals surface area contributed by atoms with E-state index in [-0.39, 0.29) is 24.3 Å². The molecule has 0 atom stereocenters. The molecule has 0 spiro atoms. The maximum absolute atomic E-state index is 13.2. The van der Waals surface area contributed by atoms with Crippen molar-refractivity contribution in [2.45, 2.75) is 33.0 Å². The van der Waals surface area contributed by atoms with Crippen LogP contribution in [-0.4, -0.2) is 34.4 Å². The van der Waals surface area contributed by atoms with Gasteiger partial charge < -0.3 is 10.1 Å². The second-order valence-corrected chi connectivity index (χ2v) is 6.51. The molecule has 10 heteroatoms. The van der Waals surface area contributed by atoms with Crippen molar-refractivity contribution in [3.8, 4) is 11.4 Å². The molecule has 8 nitrogen and oxygen atoms in total. The smallest absolute Gasteiger partial charge is 0.295 e. The average Bonchev–Trinajstić information content (AvgIpc) is 3.35. The van der Waals surface area contributed by atoms with Gasteiger partial charge in [-0.15, -0.1) is 0 Å². The van der Waals surface area contributed by atoms with Crippen molar-refractivity contribution in [2.75, 3.05) is 0 Å². The summed E-state index contributed by atoms with van der Waals surface area (Å²) in [4.78, 5) is 23.5. The summed E-state index contributed by atoms with van der Waals surface area (Å²) in [6.45, 7) is 2.12. The molecule has 0 unspecified atom stereocenters. The minimum atomic E-state index is -2.87. The molecule has 0 aliphatic rings. The van der Waals surface area contributed by atoms with Gasteiger partial charge in [0.2, 0.25) is 0 Å². The van der Waals surface area contributed by atoms with Gasteiger partial charge in [0.25, 0.3) is 12.0 Å². The molecule has 0 aliphatic heterocycles. The first kappa shape index (κ1) is 18.9. The van der Waals surface area contributed by atoms with Crippen LogP contribution in [0.1, 0.15) is 30.3 Å². The SMILES string of the molecule is CCn1c(C(F)F)nc2nc(-c3cnn(Cc4cccc(CO)c4)c3)[nH]c2c1=O. The highest BCUT2D eigenvalue weighted by Gasteiger charge is 2.20. The molecule has 29 heavy (non-hydrogen) atoms. The molecule has 4 rings (SSSR count). The lowest BCUT2D eigenvalue weighted by Gasteiger charge is -2.07. The average molecular weight is 400 g/mol. The van der Waals surface area contributed by atoms with Gasteiger partial charge >= 0.3 is 0 Å². The van der Waals surface area contributed by atoms with E-state index in [0.29, 0.717) is 17.9 Å². The van der Waals surface area contributed by atoms with Crippen LogP contribution in [-0.2, 0) is 19.7 Å². The Morgan fingerprint density at radius 2 is 2.03 bits per heavy atom. The number of rotatable bonds is 6. The number of H-pyrrole nitrogens is 1. The van der Waals surface area contributed by atoms with Crippen molar-refractivity contribution >= 4 is 11.2 Å². The molecule has 0 saturated heterocycles. The fourth-order valence-corrected chi connectivity index (χ4v) is 3.20. The van der Waals surface area contributed by atoms with Crippen molar-refractivity contribution in [3.63, 3.8) is 0 Å². The summed E-state index contributed by atoms with van der Waals surface area (Å²) in [5, 5.41) is 13.5. The number of benzene rings is 1. The Hall–Kier alpha value is -3.40. The summed E-state index contributed by atoms with van der Waals surface area (Å²) in [6.07, 6.45) is 0.431. The van der Waals surface area contributed by atoms with Crippen molar-refractivity contribution < 1.29 is 13.9 Å². The number of aromatic amines is 1. The molecule has 3 aromatic heterocycles. The molecular weight excluding hydrogens is 382 g/mol. The number of imidazole rings is 1. The van der Waals surface area contributed by atoms with Gasteiger partial charge in [0.05, 0.1) is 24.9 Å². The van der Waals surface area contributed by atoms with Crippen molar-refractivity contribution in [1.82, 2.24) is 29.3 Å². The van der Waals surface area contributed by atoms with E-state index >= 15 is 0 Å². The van der Waals surface area contributed by atoms with E-state index < -0.39 is 17.8 Å². The number of hydrogen-bond acceptors (Lipinski definition) is 5. The van der Waals surface area contributed by atoms with Crippen molar-refractivity contribution in [2.24, 2.45) is 0 Å². The minimum absolute atomic E-state index is 0.0416. The van der Waals surface area contributed by atoms with Gasteiger partial charge in [0.15, 0.2) is 17.0 Å². The molecule has 4 aromatic rings. The highest BCUT2D eigenvalue weighted by atomic mass is 19.3. The maximum atomic E-state index is 13.2. The van der Waals surface area contributed by atoms with Gasteiger partial charge in [-0.2, -0.15) is 5.10 Å². The molecule has 3 heterocycles. The van der Waals surface area contributed by atoms with E-state index in [1.807, 2.05) is 24.3 Å². The van der Waals surface area contributed by atoms with Gasteiger partial charge in [-0.25, -0.2) is 18.7 Å². The minimum Gasteiger partial charge on any atom is -0.392 e. The van der Waals surface area contributed by atoms with Crippen LogP contribution >= 0.6 is 0 Å². The van der Waals surface area contributed by atoms with Crippen LogP contribution in [0.5, 0.6) is 0 Å². The van der Waals surface area contributed by atoms with E-state index in [4.69, 9.17) is 0 Å². The van der Waals surface area contributed by atoms with E-state index in [1.165, 1.54) is 0 Å². The third kappa shape index (κ3) is 3.54. The van der Waals surface area contributed by atoms with Crippen LogP contribution in [0.3, 0.4) is 0 Å². The number of halogens is 2. The van der Waals surface area contributed by atoms with E-state index in [9.17, 15) is 18.7 Å². The second kappa shape index (κ2) is 7.55. The summed E-state index contributed by atoms with van der Waals surface area (Å²) < 4.78 is 29.1. The number of fused-ring (bicyclic) bond motifs is 1. The maximum Gasteiger partial charge on any atom is 0.295 e. The predicted octanol–water partition coefficient (Wildman–Crippen LogP) is 2.48. The van der Waals surface area contributed by atoms with Crippen LogP contribution in [0.25, 0.3) is 22.6 Å². The van der Waals surface area contributed by atoms with Gasteiger partial charge in [-0.1, -0.05) is 24.3 Å². The van der Waals surface area contributed by atoms with E-state index in [2.05, 4.69) is 20.1 Å². The Kier molecular flexibility index (Phi) is 4.93. The number of aliphatic hydroxyl groups is 1. The fraction of sp³-hybridized carbons (Fsp3) is 0.263. The molecule has 0 saturated carbocycles. The first-order valence-electron chi connectivity index (χ1n) is 9.00. The Labute approximate surface area is 163 Å². The van der Waals surface area contributed by atoms with Gasteiger partial charge in [0.1, 0.15) is 5.82 Å². The highest BCUT2D eigenvalue weighted by molar-refractivity contribution is 5.74. The number of aliphatic hydroxyl groups excluding tert-OH is 1. The quantitative estimate of drug-likeness (QED) is 0.518. The Morgan fingerprint density at radius 3 is 2.76 bits per heavy atom. The molecular formula is C19H18F2N6O2. The van der Waals surface area contributed by atoms with Crippen LogP contribution in [0.2, 0.25) is 0 Å². The zero-order valence-electron chi connectivity index (χ0n) is 15.5. The van der Waals surface area contributed by atoms with Crippen molar-refractivity contribution in [3.05, 3.63) is 64.0 Å². The van der Waals surface area contributed by atoms with Crippen LogP contribution in [0, 0.1) is 0 Å². The molecule has 150 valence electrons. The topological polar surface area (TPSA) is 102 Å². The zero-order chi connectivity index (χ0) is 20.5. The third-order valence-electron chi connectivity index (χ3n) is 4.58. The molecule has 2 N–H and O–H groups in total. The standard InChI is InChI=1S/C19H18F2N6O2/c1-2-27-18(15(20)21)25-17-14(19(27)29)23-16(24-17)13-7-22-26(9-13)8-11-4-3-5-12(6-11)10-28/h3-7,9,15,28H,2,8,10H2,1H3,(H,23,24). The number of aromatic nitrogens is 6. The Bertz CT molecular complexity index is 1230. The summed E-state index contributed by atoms with van der Waals surface area (Å²) in [5.41, 5.74) is 1.82. The Balaban J connectivity index is 1.69. The monoisotopic (exact) mass is 400 g/mol. The van der Waals surface area contributed by atoms with Gasteiger partial charge in [-0.3, -0.25) is 14.0 Å². The summed E-state index contributed by atoms with van der Waals surface area (Å²) >= 11 is 0. The van der Waals surface area contributed by atoms with Crippen LogP contribution < -0.4 is 5.56 Å². The Morgan fingerprint density at radius 1 is 1.24 bits per heavy atom. The largest absolute Gasteiger partial charge is 0.392 e. The number of hydrogen-bond donors (Lipinski definition) is 2. The normalized spacial score (nSPS) is 11.6. The lowest BCUT2D eigenvalue weighted by molar-refractivity contribution is 0.134. The molecule has 0 radical (unpaired) electrons. The van der Waals surface area contributed by atoms with Crippen LogP contribution in [0.4, 0.5) is 8.78 Å². The molecule has 0 bridgehead atoms. The fourth-order valence-electron chi connectivity index (χ4n) is 3.20. The molecule has 0 aliphatic carbocycles. The van der Waals surface area contributed by atoms with Crippen molar-refractivity contribution in [1.29, 1.82) is 0 Å². The second-order valence-electron chi connectivity index (χ2n) is 6.51. The lowest BCUT2D eigenvalue weighted by Crippen LogP contribution is -2.25. The molecule has 0 fully saturated rings. The summed E-state index contributed by atoms with van der Waals surface area (Å²) in [7, 11) is 0. The predicted molar refractivity (Wildman–Crippen MR) is 101 cm³/mol. The lowest BCUT2D eigenvalue weighted by atomic mass is 10.1. The first-order chi connectivity index (χ1) is 14.0. The molecule has 1 aromatic carbocycles. The summed E-state index contributed by atoms with van der Waals surface area (Å²) in [5.74, 6) is -0.267. The summed E-state index contributed by atoms with van der Waals surface area (Å²) in [6, 6.07) is 7.49. The first-order valence-corrected chi connectivity index (χ1v) is 9.00.